The second-order valence-corrected chi connectivity index (χ2v) is 3.48. The number of nitrogens with zero attached hydrogens (tertiary/aromatic N) is 1. The molecule has 4 heteroatoms. The SMILES string of the molecule is OCCN(CCO)CCCCBr. The predicted molar refractivity (Wildman–Crippen MR) is 53.6 cm³/mol. The van der Waals surface area contributed by atoms with Crippen molar-refractivity contribution >= 4 is 15.9 Å². The Morgan fingerprint density at radius 2 is 1.50 bits per heavy atom. The van der Waals surface area contributed by atoms with Gasteiger partial charge in [0, 0.05) is 18.4 Å². The van der Waals surface area contributed by atoms with Crippen molar-refractivity contribution < 1.29 is 10.2 Å². The summed E-state index contributed by atoms with van der Waals surface area (Å²) in [6.07, 6.45) is 2.26. The molecule has 12 heavy (non-hydrogen) atoms. The molecule has 0 unspecified atom stereocenters. The first-order chi connectivity index (χ1) is 5.85. The Balaban J connectivity index is 3.34. The number of hydrogen-bond donors (Lipinski definition) is 2. The minimum absolute atomic E-state index is 0.175. The van der Waals surface area contributed by atoms with E-state index in [1.54, 1.807) is 0 Å². The Kier molecular flexibility index (Phi) is 9.73. The zero-order valence-electron chi connectivity index (χ0n) is 7.38. The van der Waals surface area contributed by atoms with Crippen LogP contribution in [-0.4, -0.2) is 53.3 Å². The molecule has 0 aromatic heterocycles. The standard InChI is InChI=1S/C8H18BrNO2/c9-3-1-2-4-10(5-7-11)6-8-12/h11-12H,1-8H2. The third-order valence-corrected chi connectivity index (χ3v) is 2.25. The van der Waals surface area contributed by atoms with Gasteiger partial charge in [-0.15, -0.1) is 0 Å². The molecular formula is C8H18BrNO2. The van der Waals surface area contributed by atoms with Crippen LogP contribution in [0.15, 0.2) is 0 Å². The zero-order chi connectivity index (χ0) is 9.23. The lowest BCUT2D eigenvalue weighted by molar-refractivity contribution is 0.160. The van der Waals surface area contributed by atoms with Gasteiger partial charge in [0.15, 0.2) is 0 Å². The maximum atomic E-state index is 8.69. The van der Waals surface area contributed by atoms with Gasteiger partial charge in [0.05, 0.1) is 13.2 Å². The molecule has 0 atom stereocenters. The summed E-state index contributed by atoms with van der Waals surface area (Å²) < 4.78 is 0. The Hall–Kier alpha value is 0.360. The highest BCUT2D eigenvalue weighted by atomic mass is 79.9. The van der Waals surface area contributed by atoms with Crippen LogP contribution in [0.1, 0.15) is 12.8 Å². The molecule has 0 spiro atoms. The lowest BCUT2D eigenvalue weighted by Crippen LogP contribution is -2.30. The molecule has 0 aromatic rings. The molecule has 0 saturated carbocycles. The number of unbranched alkanes of at least 4 members (excludes halogenated alkanes) is 1. The zero-order valence-corrected chi connectivity index (χ0v) is 8.96. The number of aliphatic hydroxyl groups excluding tert-OH is 2. The van der Waals surface area contributed by atoms with E-state index in [1.807, 2.05) is 0 Å². The van der Waals surface area contributed by atoms with Gasteiger partial charge in [0.2, 0.25) is 0 Å². The number of rotatable bonds is 8. The number of alkyl halides is 1. The second kappa shape index (κ2) is 9.45. The molecule has 0 aromatic carbocycles. The van der Waals surface area contributed by atoms with Gasteiger partial charge >= 0.3 is 0 Å². The minimum Gasteiger partial charge on any atom is -0.395 e. The van der Waals surface area contributed by atoms with Crippen LogP contribution in [0, 0.1) is 0 Å². The van der Waals surface area contributed by atoms with Crippen molar-refractivity contribution in [3.63, 3.8) is 0 Å². The fourth-order valence-electron chi connectivity index (χ4n) is 1.05. The van der Waals surface area contributed by atoms with Crippen molar-refractivity contribution in [2.45, 2.75) is 12.8 Å². The smallest absolute Gasteiger partial charge is 0.0558 e. The van der Waals surface area contributed by atoms with E-state index >= 15 is 0 Å². The minimum atomic E-state index is 0.175. The molecule has 0 heterocycles. The molecule has 0 aliphatic heterocycles. The summed E-state index contributed by atoms with van der Waals surface area (Å²) in [7, 11) is 0. The highest BCUT2D eigenvalue weighted by molar-refractivity contribution is 9.09. The third-order valence-electron chi connectivity index (χ3n) is 1.69. The van der Waals surface area contributed by atoms with E-state index in [4.69, 9.17) is 10.2 Å². The molecule has 3 nitrogen and oxygen atoms in total. The van der Waals surface area contributed by atoms with Crippen molar-refractivity contribution in [1.82, 2.24) is 4.90 Å². The van der Waals surface area contributed by atoms with E-state index in [-0.39, 0.29) is 13.2 Å². The Morgan fingerprint density at radius 3 is 1.92 bits per heavy atom. The third kappa shape index (κ3) is 7.03. The summed E-state index contributed by atoms with van der Waals surface area (Å²) in [5.74, 6) is 0. The van der Waals surface area contributed by atoms with Gasteiger partial charge in [-0.05, 0) is 19.4 Å². The normalized spacial score (nSPS) is 11.0. The van der Waals surface area contributed by atoms with Crippen molar-refractivity contribution in [2.75, 3.05) is 38.2 Å². The van der Waals surface area contributed by atoms with Crippen LogP contribution in [0.3, 0.4) is 0 Å². The summed E-state index contributed by atoms with van der Waals surface area (Å²) in [6, 6.07) is 0. The lowest BCUT2D eigenvalue weighted by Gasteiger charge is -2.19. The lowest BCUT2D eigenvalue weighted by atomic mass is 10.3. The average Bonchev–Trinajstić information content (AvgIpc) is 2.06. The summed E-state index contributed by atoms with van der Waals surface area (Å²) in [4.78, 5) is 2.07. The van der Waals surface area contributed by atoms with E-state index in [0.717, 1.165) is 24.7 Å². The highest BCUT2D eigenvalue weighted by Crippen LogP contribution is 1.97. The van der Waals surface area contributed by atoms with E-state index in [1.165, 1.54) is 0 Å². The van der Waals surface area contributed by atoms with Crippen molar-refractivity contribution in [3.8, 4) is 0 Å². The molecule has 0 fully saturated rings. The molecule has 0 saturated heterocycles. The first-order valence-electron chi connectivity index (χ1n) is 4.35. The maximum Gasteiger partial charge on any atom is 0.0558 e. The Bertz CT molecular complexity index is 87.1. The summed E-state index contributed by atoms with van der Waals surface area (Å²) in [5.41, 5.74) is 0. The quantitative estimate of drug-likeness (QED) is 0.478. The highest BCUT2D eigenvalue weighted by Gasteiger charge is 2.01. The second-order valence-electron chi connectivity index (χ2n) is 2.68. The van der Waals surface area contributed by atoms with Crippen LogP contribution in [-0.2, 0) is 0 Å². The topological polar surface area (TPSA) is 43.7 Å². The number of hydrogen-bond acceptors (Lipinski definition) is 3. The number of aliphatic hydroxyl groups is 2. The van der Waals surface area contributed by atoms with Gasteiger partial charge in [-0.2, -0.15) is 0 Å². The molecular weight excluding hydrogens is 222 g/mol. The summed E-state index contributed by atoms with van der Waals surface area (Å²) in [6.45, 7) is 2.65. The van der Waals surface area contributed by atoms with Crippen LogP contribution in [0.25, 0.3) is 0 Å². The van der Waals surface area contributed by atoms with Crippen molar-refractivity contribution in [1.29, 1.82) is 0 Å². The van der Waals surface area contributed by atoms with E-state index in [9.17, 15) is 0 Å². The predicted octanol–water partition coefficient (Wildman–Crippen LogP) is 0.448. The largest absolute Gasteiger partial charge is 0.395 e. The Morgan fingerprint density at radius 1 is 0.917 bits per heavy atom. The van der Waals surface area contributed by atoms with Gasteiger partial charge in [0.1, 0.15) is 0 Å². The average molecular weight is 240 g/mol. The van der Waals surface area contributed by atoms with Crippen LogP contribution in [0.4, 0.5) is 0 Å². The maximum absolute atomic E-state index is 8.69. The van der Waals surface area contributed by atoms with Crippen LogP contribution in [0.2, 0.25) is 0 Å². The van der Waals surface area contributed by atoms with Crippen molar-refractivity contribution in [3.05, 3.63) is 0 Å². The van der Waals surface area contributed by atoms with Gasteiger partial charge in [-0.3, -0.25) is 4.90 Å². The van der Waals surface area contributed by atoms with E-state index < -0.39 is 0 Å². The first kappa shape index (κ1) is 12.4. The van der Waals surface area contributed by atoms with Gasteiger partial charge < -0.3 is 10.2 Å². The van der Waals surface area contributed by atoms with Crippen molar-refractivity contribution in [2.24, 2.45) is 0 Å². The molecule has 0 rings (SSSR count). The van der Waals surface area contributed by atoms with Crippen LogP contribution < -0.4 is 0 Å². The molecule has 0 radical (unpaired) electrons. The van der Waals surface area contributed by atoms with E-state index in [2.05, 4.69) is 20.8 Å². The number of halogens is 1. The van der Waals surface area contributed by atoms with Crippen LogP contribution in [0.5, 0.6) is 0 Å². The molecule has 0 aliphatic rings. The van der Waals surface area contributed by atoms with E-state index in [0.29, 0.717) is 13.1 Å². The monoisotopic (exact) mass is 239 g/mol. The van der Waals surface area contributed by atoms with Gasteiger partial charge in [0.25, 0.3) is 0 Å². The fourth-order valence-corrected chi connectivity index (χ4v) is 1.44. The van der Waals surface area contributed by atoms with Crippen LogP contribution >= 0.6 is 15.9 Å². The first-order valence-corrected chi connectivity index (χ1v) is 5.47. The molecule has 74 valence electrons. The summed E-state index contributed by atoms with van der Waals surface area (Å²) >= 11 is 3.36. The van der Waals surface area contributed by atoms with Gasteiger partial charge in [-0.25, -0.2) is 0 Å². The Labute approximate surface area is 82.5 Å². The summed E-state index contributed by atoms with van der Waals surface area (Å²) in [5, 5.41) is 18.4. The molecule has 0 bridgehead atoms. The molecule has 2 N–H and O–H groups in total. The molecule has 0 amide bonds. The fraction of sp³-hybridized carbons (Fsp3) is 1.00. The van der Waals surface area contributed by atoms with Gasteiger partial charge in [-0.1, -0.05) is 15.9 Å². The molecule has 0 aliphatic carbocycles.